The van der Waals surface area contributed by atoms with E-state index in [1.165, 1.54) is 7.11 Å². The maximum Gasteiger partial charge on any atom is 0.250 e. The van der Waals surface area contributed by atoms with E-state index in [0.29, 0.717) is 6.42 Å². The first-order valence-corrected chi connectivity index (χ1v) is 4.65. The number of methoxy groups -OCH3 is 1. The number of carbonyl (C=O) groups is 1. The molecule has 0 aromatic carbocycles. The molecular formula is C9H15F2NO2. The van der Waals surface area contributed by atoms with Crippen LogP contribution in [0.5, 0.6) is 0 Å². The second-order valence-corrected chi connectivity index (χ2v) is 3.68. The molecule has 1 aliphatic carbocycles. The maximum absolute atomic E-state index is 12.7. The first-order chi connectivity index (χ1) is 6.44. The summed E-state index contributed by atoms with van der Waals surface area (Å²) in [5.74, 6) is -2.94. The van der Waals surface area contributed by atoms with Crippen LogP contribution in [0.25, 0.3) is 0 Å². The lowest BCUT2D eigenvalue weighted by Crippen LogP contribution is -2.40. The van der Waals surface area contributed by atoms with E-state index in [-0.39, 0.29) is 18.7 Å². The van der Waals surface area contributed by atoms with Gasteiger partial charge in [0.25, 0.3) is 0 Å². The Morgan fingerprint density at radius 1 is 1.64 bits per heavy atom. The van der Waals surface area contributed by atoms with Gasteiger partial charge >= 0.3 is 0 Å². The molecule has 0 spiro atoms. The van der Waals surface area contributed by atoms with Gasteiger partial charge in [-0.05, 0) is 13.3 Å². The molecule has 1 aliphatic rings. The van der Waals surface area contributed by atoms with Crippen molar-refractivity contribution in [2.24, 2.45) is 0 Å². The van der Waals surface area contributed by atoms with Crippen LogP contribution in [0, 0.1) is 0 Å². The number of hydrogen-bond donors (Lipinski definition) is 1. The minimum atomic E-state index is -2.62. The van der Waals surface area contributed by atoms with E-state index in [9.17, 15) is 13.6 Å². The van der Waals surface area contributed by atoms with Gasteiger partial charge in [-0.1, -0.05) is 0 Å². The normalized spacial score (nSPS) is 27.3. The van der Waals surface area contributed by atoms with E-state index >= 15 is 0 Å². The molecule has 1 saturated carbocycles. The van der Waals surface area contributed by atoms with Gasteiger partial charge in [-0.2, -0.15) is 0 Å². The van der Waals surface area contributed by atoms with Crippen LogP contribution >= 0.6 is 0 Å². The second kappa shape index (κ2) is 4.21. The van der Waals surface area contributed by atoms with Crippen LogP contribution in [-0.2, 0) is 9.53 Å². The number of rotatable bonds is 3. The third-order valence-electron chi connectivity index (χ3n) is 2.47. The topological polar surface area (TPSA) is 38.3 Å². The minimum Gasteiger partial charge on any atom is -0.372 e. The fourth-order valence-electron chi connectivity index (χ4n) is 1.50. The summed E-state index contributed by atoms with van der Waals surface area (Å²) < 4.78 is 30.3. The highest BCUT2D eigenvalue weighted by Gasteiger charge is 2.40. The Kier molecular flexibility index (Phi) is 3.42. The number of halogens is 2. The monoisotopic (exact) mass is 207 g/mol. The summed E-state index contributed by atoms with van der Waals surface area (Å²) >= 11 is 0. The molecule has 0 heterocycles. The van der Waals surface area contributed by atoms with Crippen molar-refractivity contribution in [1.29, 1.82) is 0 Å². The quantitative estimate of drug-likeness (QED) is 0.758. The number of hydrogen-bond acceptors (Lipinski definition) is 2. The van der Waals surface area contributed by atoms with E-state index < -0.39 is 18.1 Å². The Morgan fingerprint density at radius 3 is 2.71 bits per heavy atom. The molecular weight excluding hydrogens is 192 g/mol. The molecule has 5 heteroatoms. The number of amides is 1. The van der Waals surface area contributed by atoms with E-state index in [1.54, 1.807) is 6.92 Å². The van der Waals surface area contributed by atoms with E-state index in [2.05, 4.69) is 5.32 Å². The van der Waals surface area contributed by atoms with Crippen LogP contribution in [0.2, 0.25) is 0 Å². The lowest BCUT2D eigenvalue weighted by atomic mass is 10.2. The predicted molar refractivity (Wildman–Crippen MR) is 47.2 cm³/mol. The zero-order valence-corrected chi connectivity index (χ0v) is 8.35. The van der Waals surface area contributed by atoms with Crippen molar-refractivity contribution in [3.05, 3.63) is 0 Å². The summed E-state index contributed by atoms with van der Waals surface area (Å²) in [6.07, 6.45) is -0.631. The highest BCUT2D eigenvalue weighted by molar-refractivity contribution is 5.80. The predicted octanol–water partition coefficient (Wildman–Crippen LogP) is 1.33. The average Bonchev–Trinajstić information content (AvgIpc) is 2.44. The molecule has 0 radical (unpaired) electrons. The van der Waals surface area contributed by atoms with Gasteiger partial charge in [0, 0.05) is 26.0 Å². The van der Waals surface area contributed by atoms with Crippen LogP contribution in [0.3, 0.4) is 0 Å². The van der Waals surface area contributed by atoms with Gasteiger partial charge in [0.05, 0.1) is 0 Å². The molecule has 0 aromatic rings. The molecule has 0 saturated heterocycles. The SMILES string of the molecule is COC(C)C(=O)NC1CCC(F)(F)C1. The largest absolute Gasteiger partial charge is 0.372 e. The van der Waals surface area contributed by atoms with Crippen LogP contribution in [0.4, 0.5) is 8.78 Å². The van der Waals surface area contributed by atoms with Crippen molar-refractivity contribution in [2.45, 2.75) is 44.3 Å². The number of ether oxygens (including phenoxy) is 1. The Morgan fingerprint density at radius 2 is 2.29 bits per heavy atom. The fraction of sp³-hybridized carbons (Fsp3) is 0.889. The number of alkyl halides is 2. The molecule has 1 N–H and O–H groups in total. The molecule has 1 rings (SSSR count). The van der Waals surface area contributed by atoms with Crippen LogP contribution in [-0.4, -0.2) is 31.1 Å². The van der Waals surface area contributed by atoms with Crippen molar-refractivity contribution in [3.8, 4) is 0 Å². The first-order valence-electron chi connectivity index (χ1n) is 4.65. The van der Waals surface area contributed by atoms with Gasteiger partial charge in [-0.15, -0.1) is 0 Å². The second-order valence-electron chi connectivity index (χ2n) is 3.68. The molecule has 0 aromatic heterocycles. The Hall–Kier alpha value is -0.710. The minimum absolute atomic E-state index is 0.140. The highest BCUT2D eigenvalue weighted by atomic mass is 19.3. The van der Waals surface area contributed by atoms with Gasteiger partial charge < -0.3 is 10.1 Å². The molecule has 82 valence electrons. The van der Waals surface area contributed by atoms with Gasteiger partial charge in [-0.25, -0.2) is 8.78 Å². The van der Waals surface area contributed by atoms with Gasteiger partial charge in [-0.3, -0.25) is 4.79 Å². The van der Waals surface area contributed by atoms with Crippen molar-refractivity contribution < 1.29 is 18.3 Å². The third-order valence-corrected chi connectivity index (χ3v) is 2.47. The van der Waals surface area contributed by atoms with Gasteiger partial charge in [0.15, 0.2) is 0 Å². The van der Waals surface area contributed by atoms with Crippen molar-refractivity contribution in [1.82, 2.24) is 5.32 Å². The zero-order chi connectivity index (χ0) is 10.8. The van der Waals surface area contributed by atoms with Crippen molar-refractivity contribution >= 4 is 5.91 Å². The van der Waals surface area contributed by atoms with Gasteiger partial charge in [0.1, 0.15) is 6.10 Å². The van der Waals surface area contributed by atoms with E-state index in [1.807, 2.05) is 0 Å². The average molecular weight is 207 g/mol. The summed E-state index contributed by atoms with van der Waals surface area (Å²) in [6, 6.07) is -0.407. The maximum atomic E-state index is 12.7. The standard InChI is InChI=1S/C9H15F2NO2/c1-6(14-2)8(13)12-7-3-4-9(10,11)5-7/h6-7H,3-5H2,1-2H3,(H,12,13). The first kappa shape index (κ1) is 11.4. The lowest BCUT2D eigenvalue weighted by molar-refractivity contribution is -0.130. The Labute approximate surface area is 81.8 Å². The summed E-state index contributed by atoms with van der Waals surface area (Å²) in [6.45, 7) is 1.59. The van der Waals surface area contributed by atoms with Crippen molar-refractivity contribution in [3.63, 3.8) is 0 Å². The smallest absolute Gasteiger partial charge is 0.250 e. The molecule has 1 amide bonds. The van der Waals surface area contributed by atoms with E-state index in [4.69, 9.17) is 4.74 Å². The molecule has 2 atom stereocenters. The number of nitrogens with one attached hydrogen (secondary N) is 1. The molecule has 0 aliphatic heterocycles. The van der Waals surface area contributed by atoms with Gasteiger partial charge in [0.2, 0.25) is 11.8 Å². The summed E-state index contributed by atoms with van der Waals surface area (Å²) in [4.78, 5) is 11.3. The Bertz CT molecular complexity index is 221. The third kappa shape index (κ3) is 2.90. The van der Waals surface area contributed by atoms with Crippen molar-refractivity contribution in [2.75, 3.05) is 7.11 Å². The lowest BCUT2D eigenvalue weighted by Gasteiger charge is -2.15. The van der Waals surface area contributed by atoms with Crippen LogP contribution in [0.15, 0.2) is 0 Å². The molecule has 14 heavy (non-hydrogen) atoms. The fourth-order valence-corrected chi connectivity index (χ4v) is 1.50. The Balaban J connectivity index is 2.36. The molecule has 2 unspecified atom stereocenters. The summed E-state index contributed by atoms with van der Waals surface area (Å²) in [7, 11) is 1.41. The zero-order valence-electron chi connectivity index (χ0n) is 8.35. The van der Waals surface area contributed by atoms with E-state index in [0.717, 1.165) is 0 Å². The molecule has 1 fully saturated rings. The van der Waals surface area contributed by atoms with Crippen LogP contribution in [0.1, 0.15) is 26.2 Å². The summed E-state index contributed by atoms with van der Waals surface area (Å²) in [5.41, 5.74) is 0. The summed E-state index contributed by atoms with van der Waals surface area (Å²) in [5, 5.41) is 2.54. The van der Waals surface area contributed by atoms with Crippen LogP contribution < -0.4 is 5.32 Å². The number of carbonyl (C=O) groups excluding carboxylic acids is 1. The molecule has 0 bridgehead atoms. The molecule has 3 nitrogen and oxygen atoms in total. The highest BCUT2D eigenvalue weighted by Crippen LogP contribution is 2.34.